The number of amides is 1. The number of aromatic nitrogens is 2. The monoisotopic (exact) mass is 275 g/mol. The predicted octanol–water partition coefficient (Wildman–Crippen LogP) is 1.80. The van der Waals surface area contributed by atoms with Crippen LogP contribution in [-0.2, 0) is 11.0 Å². The lowest BCUT2D eigenvalue weighted by Crippen LogP contribution is -2.27. The average molecular weight is 275 g/mol. The Kier molecular flexibility index (Phi) is 3.11. The Balaban J connectivity index is 2.50. The zero-order chi connectivity index (χ0) is 14.4. The number of carbonyl (C=O) groups is 1. The number of anilines is 1. The van der Waals surface area contributed by atoms with E-state index >= 15 is 0 Å². The molecule has 1 aromatic heterocycles. The topological polar surface area (TPSA) is 64.0 Å². The summed E-state index contributed by atoms with van der Waals surface area (Å²) in [5, 5.41) is 2.22. The third-order valence-electron chi connectivity index (χ3n) is 2.79. The number of rotatable bonds is 2. The Bertz CT molecular complexity index is 578. The largest absolute Gasteiger partial charge is 0.433 e. The van der Waals surface area contributed by atoms with Crippen molar-refractivity contribution in [2.45, 2.75) is 32.5 Å². The van der Waals surface area contributed by atoms with Crippen LogP contribution in [-0.4, -0.2) is 15.5 Å². The van der Waals surface area contributed by atoms with Gasteiger partial charge in [-0.15, -0.1) is 0 Å². The SMILES string of the molecule is CC(C)CC1C(=O)Nc2nc(C(F)(F)F)cc(=O)n21. The third-order valence-corrected chi connectivity index (χ3v) is 2.79. The van der Waals surface area contributed by atoms with Crippen molar-refractivity contribution >= 4 is 11.9 Å². The van der Waals surface area contributed by atoms with Crippen LogP contribution in [0.15, 0.2) is 10.9 Å². The van der Waals surface area contributed by atoms with E-state index in [1.807, 2.05) is 13.8 Å². The van der Waals surface area contributed by atoms with Gasteiger partial charge in [0.1, 0.15) is 6.04 Å². The standard InChI is InChI=1S/C11H12F3N3O2/c1-5(2)3-6-9(19)16-10-15-7(11(12,13)14)4-8(18)17(6)10/h4-6H,3H2,1-2H3,(H,15,16,19). The second kappa shape index (κ2) is 4.36. The van der Waals surface area contributed by atoms with E-state index in [0.717, 1.165) is 4.57 Å². The lowest BCUT2D eigenvalue weighted by Gasteiger charge is -2.13. The first-order valence-electron chi connectivity index (χ1n) is 5.72. The minimum Gasteiger partial charge on any atom is -0.294 e. The molecule has 8 heteroatoms. The first kappa shape index (κ1) is 13.6. The summed E-state index contributed by atoms with van der Waals surface area (Å²) in [6, 6.07) is -0.380. The van der Waals surface area contributed by atoms with Gasteiger partial charge in [-0.2, -0.15) is 13.2 Å². The molecule has 0 radical (unpaired) electrons. The maximum Gasteiger partial charge on any atom is 0.433 e. The second-order valence-electron chi connectivity index (χ2n) is 4.81. The van der Waals surface area contributed by atoms with E-state index in [2.05, 4.69) is 10.3 Å². The zero-order valence-electron chi connectivity index (χ0n) is 10.3. The van der Waals surface area contributed by atoms with Crippen molar-refractivity contribution in [3.05, 3.63) is 22.1 Å². The minimum atomic E-state index is -4.71. The molecule has 1 amide bonds. The fraction of sp³-hybridized carbons (Fsp3) is 0.545. The molecule has 2 heterocycles. The molecule has 0 saturated carbocycles. The van der Waals surface area contributed by atoms with Gasteiger partial charge in [-0.1, -0.05) is 13.8 Å². The number of carbonyl (C=O) groups excluding carboxylic acids is 1. The summed E-state index contributed by atoms with van der Waals surface area (Å²) in [7, 11) is 0. The molecule has 1 N–H and O–H groups in total. The van der Waals surface area contributed by atoms with Crippen LogP contribution in [0.2, 0.25) is 0 Å². The van der Waals surface area contributed by atoms with Crippen LogP contribution in [0.5, 0.6) is 0 Å². The smallest absolute Gasteiger partial charge is 0.294 e. The van der Waals surface area contributed by atoms with Crippen LogP contribution < -0.4 is 10.9 Å². The molecule has 2 rings (SSSR count). The summed E-state index contributed by atoms with van der Waals surface area (Å²) in [6.07, 6.45) is -4.35. The normalized spacial score (nSPS) is 18.6. The Morgan fingerprint density at radius 2 is 2.05 bits per heavy atom. The Labute approximate surface area is 106 Å². The van der Waals surface area contributed by atoms with Gasteiger partial charge in [-0.3, -0.25) is 19.5 Å². The molecule has 0 aliphatic carbocycles. The quantitative estimate of drug-likeness (QED) is 0.895. The van der Waals surface area contributed by atoms with Crippen molar-refractivity contribution < 1.29 is 18.0 Å². The van der Waals surface area contributed by atoms with Crippen LogP contribution >= 0.6 is 0 Å². The summed E-state index contributed by atoms with van der Waals surface area (Å²) < 4.78 is 38.5. The van der Waals surface area contributed by atoms with Gasteiger partial charge < -0.3 is 0 Å². The lowest BCUT2D eigenvalue weighted by molar-refractivity contribution is -0.141. The minimum absolute atomic E-state index is 0.121. The predicted molar refractivity (Wildman–Crippen MR) is 60.6 cm³/mol. The van der Waals surface area contributed by atoms with E-state index in [9.17, 15) is 22.8 Å². The van der Waals surface area contributed by atoms with Gasteiger partial charge in [0.25, 0.3) is 5.56 Å². The van der Waals surface area contributed by atoms with E-state index in [-0.39, 0.29) is 11.9 Å². The zero-order valence-corrected chi connectivity index (χ0v) is 10.3. The Morgan fingerprint density at radius 3 is 2.58 bits per heavy atom. The lowest BCUT2D eigenvalue weighted by atomic mass is 10.0. The van der Waals surface area contributed by atoms with E-state index in [1.54, 1.807) is 0 Å². The molecule has 0 aromatic carbocycles. The Hall–Kier alpha value is -1.86. The van der Waals surface area contributed by atoms with Crippen molar-refractivity contribution in [2.75, 3.05) is 5.32 Å². The summed E-state index contributed by atoms with van der Waals surface area (Å²) in [5.41, 5.74) is -2.17. The highest BCUT2D eigenvalue weighted by Gasteiger charge is 2.38. The highest BCUT2D eigenvalue weighted by molar-refractivity contribution is 5.96. The molecule has 0 spiro atoms. The molecule has 0 bridgehead atoms. The number of nitrogens with zero attached hydrogens (tertiary/aromatic N) is 2. The van der Waals surface area contributed by atoms with Gasteiger partial charge in [0.05, 0.1) is 0 Å². The molecule has 1 aliphatic heterocycles. The van der Waals surface area contributed by atoms with Crippen molar-refractivity contribution in [3.63, 3.8) is 0 Å². The fourth-order valence-corrected chi connectivity index (χ4v) is 2.00. The highest BCUT2D eigenvalue weighted by Crippen LogP contribution is 2.31. The second-order valence-corrected chi connectivity index (χ2v) is 4.81. The Morgan fingerprint density at radius 1 is 1.42 bits per heavy atom. The number of fused-ring (bicyclic) bond motifs is 1. The van der Waals surface area contributed by atoms with E-state index < -0.39 is 29.4 Å². The van der Waals surface area contributed by atoms with Crippen LogP contribution in [0.4, 0.5) is 19.1 Å². The number of halogens is 3. The van der Waals surface area contributed by atoms with Gasteiger partial charge in [-0.05, 0) is 12.3 Å². The van der Waals surface area contributed by atoms with E-state index in [4.69, 9.17) is 0 Å². The van der Waals surface area contributed by atoms with Crippen molar-refractivity contribution in [1.29, 1.82) is 0 Å². The van der Waals surface area contributed by atoms with Crippen LogP contribution in [0.25, 0.3) is 0 Å². The molecule has 5 nitrogen and oxygen atoms in total. The fourth-order valence-electron chi connectivity index (χ4n) is 2.00. The first-order valence-corrected chi connectivity index (χ1v) is 5.72. The van der Waals surface area contributed by atoms with Gasteiger partial charge >= 0.3 is 6.18 Å². The highest BCUT2D eigenvalue weighted by atomic mass is 19.4. The molecule has 104 valence electrons. The molecular weight excluding hydrogens is 263 g/mol. The van der Waals surface area contributed by atoms with Crippen LogP contribution in [0.3, 0.4) is 0 Å². The average Bonchev–Trinajstić information content (AvgIpc) is 2.53. The van der Waals surface area contributed by atoms with E-state index in [0.29, 0.717) is 12.5 Å². The summed E-state index contributed by atoms with van der Waals surface area (Å²) >= 11 is 0. The molecule has 1 aromatic rings. The maximum atomic E-state index is 12.5. The summed E-state index contributed by atoms with van der Waals surface area (Å²) in [5.74, 6) is -0.719. The molecule has 19 heavy (non-hydrogen) atoms. The van der Waals surface area contributed by atoms with Gasteiger partial charge in [0.2, 0.25) is 11.9 Å². The van der Waals surface area contributed by atoms with Crippen LogP contribution in [0, 0.1) is 5.92 Å². The van der Waals surface area contributed by atoms with Crippen LogP contribution in [0.1, 0.15) is 32.0 Å². The molecule has 1 aliphatic rings. The summed E-state index contributed by atoms with van der Waals surface area (Å²) in [6.45, 7) is 3.71. The molecule has 1 unspecified atom stereocenters. The van der Waals surface area contributed by atoms with Crippen molar-refractivity contribution in [1.82, 2.24) is 9.55 Å². The number of alkyl halides is 3. The summed E-state index contributed by atoms with van der Waals surface area (Å²) in [4.78, 5) is 26.7. The van der Waals surface area contributed by atoms with Crippen molar-refractivity contribution in [3.8, 4) is 0 Å². The van der Waals surface area contributed by atoms with Gasteiger partial charge in [-0.25, -0.2) is 4.98 Å². The molecule has 0 saturated heterocycles. The first-order chi connectivity index (χ1) is 8.70. The molecule has 1 atom stereocenters. The van der Waals surface area contributed by atoms with Gasteiger partial charge in [0, 0.05) is 6.07 Å². The van der Waals surface area contributed by atoms with Gasteiger partial charge in [0.15, 0.2) is 5.69 Å². The number of nitrogens with one attached hydrogen (secondary N) is 1. The van der Waals surface area contributed by atoms with E-state index in [1.165, 1.54) is 0 Å². The maximum absolute atomic E-state index is 12.5. The van der Waals surface area contributed by atoms with Crippen molar-refractivity contribution in [2.24, 2.45) is 5.92 Å². The molecular formula is C11H12F3N3O2. The number of hydrogen-bond acceptors (Lipinski definition) is 3. The number of hydrogen-bond donors (Lipinski definition) is 1. The molecule has 0 fully saturated rings. The third kappa shape index (κ3) is 2.47.